The van der Waals surface area contributed by atoms with E-state index in [1.54, 1.807) is 24.4 Å². The largest absolute Gasteiger partial charge is 0.507 e. The number of nitrogens with zero attached hydrogens (tertiary/aromatic N) is 1. The number of hydrogen-bond acceptors (Lipinski definition) is 5. The minimum atomic E-state index is -0.613. The van der Waals surface area contributed by atoms with Gasteiger partial charge in [-0.05, 0) is 61.1 Å². The van der Waals surface area contributed by atoms with Crippen LogP contribution >= 0.6 is 0 Å². The highest BCUT2D eigenvalue weighted by Crippen LogP contribution is 2.50. The Hall–Kier alpha value is -4.25. The number of benzene rings is 3. The van der Waals surface area contributed by atoms with E-state index in [2.05, 4.69) is 11.1 Å². The molecule has 3 aromatic carbocycles. The SMILES string of the molecule is CC=CC=Cc1cc2cc3c(c(O)c2cn1)[C@]1(C=c2c(O)c4ccc(N)cc4c(O)c2=C1)CC3. The van der Waals surface area contributed by atoms with Gasteiger partial charge in [0.1, 0.15) is 17.2 Å². The Morgan fingerprint density at radius 3 is 2.44 bits per heavy atom. The molecule has 0 amide bonds. The molecule has 5 nitrogen and oxygen atoms in total. The maximum absolute atomic E-state index is 11.4. The first-order chi connectivity index (χ1) is 16.4. The van der Waals surface area contributed by atoms with Gasteiger partial charge in [-0.2, -0.15) is 0 Å². The number of phenolic OH excluding ortho intramolecular Hbond substituents is 3. The normalized spacial score (nSPS) is 18.7. The van der Waals surface area contributed by atoms with E-state index in [-0.39, 0.29) is 17.2 Å². The molecule has 4 aromatic rings. The summed E-state index contributed by atoms with van der Waals surface area (Å²) in [5.41, 5.74) is 8.53. The van der Waals surface area contributed by atoms with Gasteiger partial charge in [0.25, 0.3) is 0 Å². The van der Waals surface area contributed by atoms with Gasteiger partial charge >= 0.3 is 0 Å². The Labute approximate surface area is 196 Å². The van der Waals surface area contributed by atoms with Crippen LogP contribution in [0.4, 0.5) is 5.69 Å². The highest BCUT2D eigenvalue weighted by atomic mass is 16.3. The van der Waals surface area contributed by atoms with Crippen LogP contribution in [0.3, 0.4) is 0 Å². The van der Waals surface area contributed by atoms with Crippen molar-refractivity contribution in [2.45, 2.75) is 25.2 Å². The minimum absolute atomic E-state index is 0.0937. The number of aromatic hydroxyl groups is 3. The van der Waals surface area contributed by atoms with Crippen molar-refractivity contribution in [1.29, 1.82) is 0 Å². The number of rotatable bonds is 2. The molecule has 0 aliphatic heterocycles. The molecule has 6 rings (SSSR count). The number of anilines is 1. The summed E-state index contributed by atoms with van der Waals surface area (Å²) >= 11 is 0. The molecular formula is C29H24N2O3. The lowest BCUT2D eigenvalue weighted by atomic mass is 9.81. The number of aromatic nitrogens is 1. The maximum Gasteiger partial charge on any atom is 0.131 e. The molecular weight excluding hydrogens is 424 g/mol. The third-order valence-electron chi connectivity index (χ3n) is 7.10. The molecule has 168 valence electrons. The fraction of sp³-hybridized carbons (Fsp3) is 0.138. The zero-order chi connectivity index (χ0) is 23.6. The number of allylic oxidation sites excluding steroid dienone is 3. The van der Waals surface area contributed by atoms with E-state index < -0.39 is 5.41 Å². The van der Waals surface area contributed by atoms with Gasteiger partial charge in [-0.1, -0.05) is 36.4 Å². The fourth-order valence-corrected chi connectivity index (χ4v) is 5.54. The van der Waals surface area contributed by atoms with Gasteiger partial charge in [0.15, 0.2) is 0 Å². The first-order valence-electron chi connectivity index (χ1n) is 11.4. The standard InChI is InChI=1S/C29H24N2O3/c1-2-3-4-5-19-11-17-10-16-8-9-29(25(16)28(34)24(17)15-31-19)13-22-23(14-29)27(33)21-12-18(30)6-7-20(21)26(22)32/h2-7,10-15,32-34H,8-9,30H2,1H3/t29-/m0/s1. The Kier molecular flexibility index (Phi) is 4.27. The quantitative estimate of drug-likeness (QED) is 0.210. The van der Waals surface area contributed by atoms with Crippen LogP contribution in [0.2, 0.25) is 0 Å². The lowest BCUT2D eigenvalue weighted by molar-refractivity contribution is 0.462. The van der Waals surface area contributed by atoms with Crippen LogP contribution in [-0.4, -0.2) is 20.3 Å². The van der Waals surface area contributed by atoms with Crippen molar-refractivity contribution in [3.8, 4) is 17.2 Å². The van der Waals surface area contributed by atoms with E-state index in [0.29, 0.717) is 32.3 Å². The van der Waals surface area contributed by atoms with Gasteiger partial charge in [-0.25, -0.2) is 0 Å². The smallest absolute Gasteiger partial charge is 0.131 e. The van der Waals surface area contributed by atoms with Crippen molar-refractivity contribution in [1.82, 2.24) is 4.98 Å². The number of pyridine rings is 1. The zero-order valence-corrected chi connectivity index (χ0v) is 18.7. The van der Waals surface area contributed by atoms with Crippen LogP contribution in [0.15, 0.2) is 54.8 Å². The monoisotopic (exact) mass is 448 g/mol. The predicted molar refractivity (Wildman–Crippen MR) is 137 cm³/mol. The van der Waals surface area contributed by atoms with Gasteiger partial charge < -0.3 is 21.1 Å². The molecule has 1 atom stereocenters. The second kappa shape index (κ2) is 7.12. The van der Waals surface area contributed by atoms with Crippen LogP contribution in [0.5, 0.6) is 17.2 Å². The molecule has 1 aromatic heterocycles. The Morgan fingerprint density at radius 2 is 1.68 bits per heavy atom. The third-order valence-corrected chi connectivity index (χ3v) is 7.10. The van der Waals surface area contributed by atoms with Crippen LogP contribution in [0, 0.1) is 0 Å². The van der Waals surface area contributed by atoms with Gasteiger partial charge in [0, 0.05) is 49.5 Å². The van der Waals surface area contributed by atoms with Crippen molar-refractivity contribution in [2.24, 2.45) is 0 Å². The molecule has 1 spiro atoms. The first-order valence-corrected chi connectivity index (χ1v) is 11.4. The predicted octanol–water partition coefficient (Wildman–Crippen LogP) is 4.14. The Balaban J connectivity index is 1.58. The molecule has 5 heteroatoms. The summed E-state index contributed by atoms with van der Waals surface area (Å²) < 4.78 is 0. The van der Waals surface area contributed by atoms with Crippen molar-refractivity contribution in [3.05, 3.63) is 82.0 Å². The summed E-state index contributed by atoms with van der Waals surface area (Å²) in [6.45, 7) is 1.96. The number of nitrogens with two attached hydrogens (primary N) is 1. The van der Waals surface area contributed by atoms with Gasteiger partial charge in [-0.15, -0.1) is 0 Å². The summed E-state index contributed by atoms with van der Waals surface area (Å²) in [5.74, 6) is 0.412. The first kappa shape index (κ1) is 20.4. The van der Waals surface area contributed by atoms with E-state index in [1.165, 1.54) is 0 Å². The molecule has 5 N–H and O–H groups in total. The highest BCUT2D eigenvalue weighted by molar-refractivity contribution is 5.98. The molecule has 0 unspecified atom stereocenters. The number of fused-ring (bicyclic) bond motifs is 5. The summed E-state index contributed by atoms with van der Waals surface area (Å²) in [5, 5.41) is 37.4. The van der Waals surface area contributed by atoms with Crippen molar-refractivity contribution in [2.75, 3.05) is 5.73 Å². The van der Waals surface area contributed by atoms with E-state index >= 15 is 0 Å². The molecule has 2 aliphatic carbocycles. The number of aryl methyl sites for hydroxylation is 1. The van der Waals surface area contributed by atoms with E-state index in [4.69, 9.17) is 5.73 Å². The average molecular weight is 449 g/mol. The molecule has 1 heterocycles. The van der Waals surface area contributed by atoms with Gasteiger partial charge in [0.05, 0.1) is 5.69 Å². The molecule has 0 bridgehead atoms. The molecule has 0 saturated carbocycles. The average Bonchev–Trinajstić information content (AvgIpc) is 3.39. The summed E-state index contributed by atoms with van der Waals surface area (Å²) in [6, 6.07) is 9.20. The third kappa shape index (κ3) is 2.76. The van der Waals surface area contributed by atoms with Gasteiger partial charge in [-0.3, -0.25) is 4.98 Å². The second-order valence-electron chi connectivity index (χ2n) is 9.13. The van der Waals surface area contributed by atoms with Crippen molar-refractivity contribution >= 4 is 45.5 Å². The van der Waals surface area contributed by atoms with Crippen molar-refractivity contribution < 1.29 is 15.3 Å². The second-order valence-corrected chi connectivity index (χ2v) is 9.13. The number of hydrogen-bond donors (Lipinski definition) is 4. The van der Waals surface area contributed by atoms with E-state index in [0.717, 1.165) is 35.0 Å². The van der Waals surface area contributed by atoms with E-state index in [9.17, 15) is 15.3 Å². The van der Waals surface area contributed by atoms with Crippen molar-refractivity contribution in [3.63, 3.8) is 0 Å². The van der Waals surface area contributed by atoms with Gasteiger partial charge in [0.2, 0.25) is 0 Å². The maximum atomic E-state index is 11.4. The van der Waals surface area contributed by atoms with Crippen LogP contribution in [0.25, 0.3) is 39.8 Å². The lowest BCUT2D eigenvalue weighted by Gasteiger charge is -2.22. The van der Waals surface area contributed by atoms with Crippen LogP contribution < -0.4 is 16.2 Å². The molecule has 34 heavy (non-hydrogen) atoms. The summed E-state index contributed by atoms with van der Waals surface area (Å²) in [4.78, 5) is 4.50. The highest BCUT2D eigenvalue weighted by Gasteiger charge is 2.41. The molecule has 2 aliphatic rings. The Morgan fingerprint density at radius 1 is 0.912 bits per heavy atom. The molecule has 0 radical (unpaired) electrons. The summed E-state index contributed by atoms with van der Waals surface area (Å²) in [6.07, 6.45) is 14.9. The van der Waals surface area contributed by atoms with Crippen LogP contribution in [0.1, 0.15) is 30.2 Å². The zero-order valence-electron chi connectivity index (χ0n) is 18.7. The minimum Gasteiger partial charge on any atom is -0.507 e. The molecule has 0 fully saturated rings. The lowest BCUT2D eigenvalue weighted by Crippen LogP contribution is -2.22. The fourth-order valence-electron chi connectivity index (χ4n) is 5.54. The number of phenols is 3. The van der Waals surface area contributed by atoms with Crippen LogP contribution in [-0.2, 0) is 11.8 Å². The van der Waals surface area contributed by atoms with E-state index in [1.807, 2.05) is 49.4 Å². The number of nitrogen functional groups attached to an aromatic ring is 1. The topological polar surface area (TPSA) is 99.6 Å². The summed E-state index contributed by atoms with van der Waals surface area (Å²) in [7, 11) is 0. The Bertz CT molecular complexity index is 1720. The molecule has 0 saturated heterocycles.